The largest absolute Gasteiger partial charge is 0.361 e. The van der Waals surface area contributed by atoms with Gasteiger partial charge in [-0.3, -0.25) is 4.79 Å². The number of hydrogen-bond donors (Lipinski definition) is 2. The number of rotatable bonds is 3. The van der Waals surface area contributed by atoms with Gasteiger partial charge in [-0.2, -0.15) is 0 Å². The van der Waals surface area contributed by atoms with Crippen LogP contribution in [0.25, 0.3) is 10.9 Å². The van der Waals surface area contributed by atoms with E-state index in [1.54, 1.807) is 0 Å². The summed E-state index contributed by atoms with van der Waals surface area (Å²) >= 11 is 0. The van der Waals surface area contributed by atoms with E-state index in [0.717, 1.165) is 36.1 Å². The molecule has 2 aromatic rings. The zero-order valence-electron chi connectivity index (χ0n) is 11.9. The molecule has 1 amide bonds. The molecular weight excluding hydrogens is 250 g/mol. The molecule has 4 nitrogen and oxygen atoms in total. The van der Waals surface area contributed by atoms with Crippen LogP contribution >= 0.6 is 0 Å². The molecule has 0 radical (unpaired) electrons. The first-order chi connectivity index (χ1) is 9.74. The highest BCUT2D eigenvalue weighted by Crippen LogP contribution is 2.18. The van der Waals surface area contributed by atoms with E-state index < -0.39 is 0 Å². The van der Waals surface area contributed by atoms with Gasteiger partial charge in [0.25, 0.3) is 5.91 Å². The third-order valence-electron chi connectivity index (χ3n) is 4.22. The number of likely N-dealkylation sites (tertiary alicyclic amines) is 1. The first-order valence-corrected chi connectivity index (χ1v) is 7.27. The van der Waals surface area contributed by atoms with Crippen LogP contribution in [0.3, 0.4) is 0 Å². The first kappa shape index (κ1) is 13.2. The van der Waals surface area contributed by atoms with Crippen LogP contribution in [0.5, 0.6) is 0 Å². The quantitative estimate of drug-likeness (QED) is 0.899. The molecule has 2 heterocycles. The zero-order valence-corrected chi connectivity index (χ0v) is 11.9. The van der Waals surface area contributed by atoms with Crippen LogP contribution in [0.2, 0.25) is 0 Å². The van der Waals surface area contributed by atoms with Crippen molar-refractivity contribution < 1.29 is 4.79 Å². The molecule has 1 aromatic heterocycles. The van der Waals surface area contributed by atoms with E-state index in [4.69, 9.17) is 0 Å². The van der Waals surface area contributed by atoms with Crippen molar-refractivity contribution >= 4 is 16.8 Å². The van der Waals surface area contributed by atoms with Gasteiger partial charge < -0.3 is 15.2 Å². The van der Waals surface area contributed by atoms with Crippen molar-refractivity contribution in [2.24, 2.45) is 5.92 Å². The molecule has 0 saturated carbocycles. The maximum atomic E-state index is 12.3. The molecule has 0 spiro atoms. The normalized spacial score (nSPS) is 17.4. The summed E-state index contributed by atoms with van der Waals surface area (Å²) < 4.78 is 0. The predicted molar refractivity (Wildman–Crippen MR) is 80.9 cm³/mol. The van der Waals surface area contributed by atoms with Crippen LogP contribution in [0, 0.1) is 5.92 Å². The highest BCUT2D eigenvalue weighted by molar-refractivity contribution is 6.05. The summed E-state index contributed by atoms with van der Waals surface area (Å²) in [5.41, 5.74) is 1.66. The van der Waals surface area contributed by atoms with Gasteiger partial charge in [-0.25, -0.2) is 0 Å². The fourth-order valence-electron chi connectivity index (χ4n) is 2.87. The van der Waals surface area contributed by atoms with E-state index in [1.807, 2.05) is 30.5 Å². The lowest BCUT2D eigenvalue weighted by atomic mass is 9.97. The van der Waals surface area contributed by atoms with Crippen molar-refractivity contribution in [2.45, 2.75) is 12.8 Å². The van der Waals surface area contributed by atoms with Crippen molar-refractivity contribution in [2.75, 3.05) is 26.7 Å². The van der Waals surface area contributed by atoms with Crippen LogP contribution in [0.4, 0.5) is 0 Å². The molecule has 3 rings (SSSR count). The minimum absolute atomic E-state index is 0.0250. The fraction of sp³-hybridized carbons (Fsp3) is 0.438. The third kappa shape index (κ3) is 2.70. The van der Waals surface area contributed by atoms with E-state index in [-0.39, 0.29) is 5.91 Å². The lowest BCUT2D eigenvalue weighted by Gasteiger charge is -2.28. The van der Waals surface area contributed by atoms with Crippen LogP contribution < -0.4 is 5.32 Å². The number of nitrogens with one attached hydrogen (secondary N) is 2. The number of para-hydroxylation sites is 1. The van der Waals surface area contributed by atoms with Gasteiger partial charge in [0.15, 0.2) is 0 Å². The molecule has 4 heteroatoms. The van der Waals surface area contributed by atoms with Crippen molar-refractivity contribution in [3.05, 3.63) is 36.0 Å². The van der Waals surface area contributed by atoms with E-state index in [2.05, 4.69) is 22.2 Å². The topological polar surface area (TPSA) is 48.1 Å². The van der Waals surface area contributed by atoms with Gasteiger partial charge >= 0.3 is 0 Å². The molecule has 1 aliphatic heterocycles. The Bertz CT molecular complexity index is 597. The van der Waals surface area contributed by atoms with Crippen molar-refractivity contribution in [1.29, 1.82) is 0 Å². The second-order valence-electron chi connectivity index (χ2n) is 5.70. The maximum Gasteiger partial charge on any atom is 0.253 e. The van der Waals surface area contributed by atoms with Gasteiger partial charge in [0.2, 0.25) is 0 Å². The van der Waals surface area contributed by atoms with E-state index in [9.17, 15) is 4.79 Å². The summed E-state index contributed by atoms with van der Waals surface area (Å²) in [6, 6.07) is 7.81. The zero-order chi connectivity index (χ0) is 13.9. The van der Waals surface area contributed by atoms with Gasteiger partial charge in [-0.05, 0) is 51.0 Å². The number of benzene rings is 1. The molecule has 1 aliphatic rings. The summed E-state index contributed by atoms with van der Waals surface area (Å²) in [7, 11) is 2.15. The third-order valence-corrected chi connectivity index (χ3v) is 4.22. The fourth-order valence-corrected chi connectivity index (χ4v) is 2.87. The predicted octanol–water partition coefficient (Wildman–Crippen LogP) is 2.24. The monoisotopic (exact) mass is 271 g/mol. The Morgan fingerprint density at radius 1 is 1.35 bits per heavy atom. The summed E-state index contributed by atoms with van der Waals surface area (Å²) in [4.78, 5) is 17.8. The molecule has 2 N–H and O–H groups in total. The molecule has 106 valence electrons. The maximum absolute atomic E-state index is 12.3. The molecule has 0 unspecified atom stereocenters. The highest BCUT2D eigenvalue weighted by Gasteiger charge is 2.18. The van der Waals surface area contributed by atoms with Gasteiger partial charge in [-0.15, -0.1) is 0 Å². The van der Waals surface area contributed by atoms with Crippen LogP contribution in [0.1, 0.15) is 23.2 Å². The Morgan fingerprint density at radius 2 is 2.15 bits per heavy atom. The lowest BCUT2D eigenvalue weighted by molar-refractivity contribution is 0.0940. The van der Waals surface area contributed by atoms with Gasteiger partial charge in [0.1, 0.15) is 0 Å². The number of piperidine rings is 1. The highest BCUT2D eigenvalue weighted by atomic mass is 16.1. The molecule has 1 saturated heterocycles. The number of H-pyrrole nitrogens is 1. The van der Waals surface area contributed by atoms with E-state index in [1.165, 1.54) is 12.8 Å². The Balaban J connectivity index is 1.63. The first-order valence-electron chi connectivity index (χ1n) is 7.27. The summed E-state index contributed by atoms with van der Waals surface area (Å²) in [5, 5.41) is 4.17. The Kier molecular flexibility index (Phi) is 3.74. The smallest absolute Gasteiger partial charge is 0.253 e. The molecule has 20 heavy (non-hydrogen) atoms. The SMILES string of the molecule is CN1CCC(CNC(=O)c2cccc3cc[nH]c23)CC1. The summed E-state index contributed by atoms with van der Waals surface area (Å²) in [6.07, 6.45) is 4.21. The molecule has 0 atom stereocenters. The van der Waals surface area contributed by atoms with Crippen molar-refractivity contribution in [1.82, 2.24) is 15.2 Å². The van der Waals surface area contributed by atoms with Crippen LogP contribution in [0.15, 0.2) is 30.5 Å². The number of hydrogen-bond acceptors (Lipinski definition) is 2. The number of nitrogens with zero attached hydrogens (tertiary/aromatic N) is 1. The number of amides is 1. The Morgan fingerprint density at radius 3 is 2.95 bits per heavy atom. The van der Waals surface area contributed by atoms with Crippen molar-refractivity contribution in [3.8, 4) is 0 Å². The minimum Gasteiger partial charge on any atom is -0.361 e. The average Bonchev–Trinajstić information content (AvgIpc) is 2.94. The lowest BCUT2D eigenvalue weighted by Crippen LogP contribution is -2.36. The molecular formula is C16H21N3O. The van der Waals surface area contributed by atoms with Gasteiger partial charge in [0.05, 0.1) is 11.1 Å². The van der Waals surface area contributed by atoms with Gasteiger partial charge in [-0.1, -0.05) is 12.1 Å². The standard InChI is InChI=1S/C16H21N3O/c1-19-9-6-12(7-10-19)11-18-16(20)14-4-2-3-13-5-8-17-15(13)14/h2-5,8,12,17H,6-7,9-11H2,1H3,(H,18,20). The summed E-state index contributed by atoms with van der Waals surface area (Å²) in [5.74, 6) is 0.634. The van der Waals surface area contributed by atoms with Gasteiger partial charge in [0, 0.05) is 18.1 Å². The molecule has 1 fully saturated rings. The van der Waals surface area contributed by atoms with Crippen molar-refractivity contribution in [3.63, 3.8) is 0 Å². The molecule has 1 aromatic carbocycles. The molecule has 0 aliphatic carbocycles. The number of aromatic amines is 1. The second kappa shape index (κ2) is 5.67. The number of fused-ring (bicyclic) bond motifs is 1. The van der Waals surface area contributed by atoms with Crippen LogP contribution in [-0.2, 0) is 0 Å². The van der Waals surface area contributed by atoms with Crippen LogP contribution in [-0.4, -0.2) is 42.5 Å². The summed E-state index contributed by atoms with van der Waals surface area (Å²) in [6.45, 7) is 3.04. The molecule has 0 bridgehead atoms. The van der Waals surface area contributed by atoms with E-state index >= 15 is 0 Å². The Hall–Kier alpha value is -1.81. The average molecular weight is 271 g/mol. The minimum atomic E-state index is 0.0250. The number of carbonyl (C=O) groups is 1. The number of carbonyl (C=O) groups excluding carboxylic acids is 1. The van der Waals surface area contributed by atoms with E-state index in [0.29, 0.717) is 5.92 Å². The second-order valence-corrected chi connectivity index (χ2v) is 5.70. The Labute approximate surface area is 119 Å². The number of aromatic nitrogens is 1.